The molecule has 0 N–H and O–H groups in total. The van der Waals surface area contributed by atoms with Crippen LogP contribution >= 0.6 is 11.6 Å². The highest BCUT2D eigenvalue weighted by Gasteiger charge is 2.21. The van der Waals surface area contributed by atoms with Crippen molar-refractivity contribution < 1.29 is 4.92 Å². The molecule has 0 aliphatic heterocycles. The normalized spacial score (nSPS) is 10.5. The molecule has 0 aliphatic carbocycles. The van der Waals surface area contributed by atoms with E-state index < -0.39 is 4.92 Å². The first-order valence-electron chi connectivity index (χ1n) is 5.33. The Balaban J connectivity index is 2.32. The molecule has 0 aliphatic rings. The summed E-state index contributed by atoms with van der Waals surface area (Å²) in [7, 11) is 3.53. The second kappa shape index (κ2) is 5.19. The molecule has 19 heavy (non-hydrogen) atoms. The van der Waals surface area contributed by atoms with Gasteiger partial charge in [-0.2, -0.15) is 4.98 Å². The van der Waals surface area contributed by atoms with E-state index >= 15 is 0 Å². The fourth-order valence-corrected chi connectivity index (χ4v) is 1.72. The SMILES string of the molecule is CN(Cc1nccn1C)c1nc(Cl)ncc1[N+](=O)[O-]. The summed E-state index contributed by atoms with van der Waals surface area (Å²) in [4.78, 5) is 23.7. The average Bonchev–Trinajstić information content (AvgIpc) is 2.74. The maximum atomic E-state index is 10.9. The van der Waals surface area contributed by atoms with Gasteiger partial charge >= 0.3 is 5.69 Å². The quantitative estimate of drug-likeness (QED) is 0.478. The van der Waals surface area contributed by atoms with Gasteiger partial charge in [-0.15, -0.1) is 0 Å². The second-order valence-corrected chi connectivity index (χ2v) is 4.25. The molecule has 2 aromatic rings. The smallest absolute Gasteiger partial charge is 0.329 e. The third-order valence-electron chi connectivity index (χ3n) is 2.58. The Morgan fingerprint density at radius 3 is 2.84 bits per heavy atom. The fraction of sp³-hybridized carbons (Fsp3) is 0.300. The van der Waals surface area contributed by atoms with Crippen molar-refractivity contribution >= 4 is 23.1 Å². The first-order chi connectivity index (χ1) is 8.99. The van der Waals surface area contributed by atoms with Crippen LogP contribution in [0.4, 0.5) is 11.5 Å². The van der Waals surface area contributed by atoms with Crippen LogP contribution in [0.15, 0.2) is 18.6 Å². The molecular formula is C10H11ClN6O2. The summed E-state index contributed by atoms with van der Waals surface area (Å²) < 4.78 is 1.82. The zero-order valence-electron chi connectivity index (χ0n) is 10.3. The average molecular weight is 283 g/mol. The van der Waals surface area contributed by atoms with E-state index in [0.29, 0.717) is 6.54 Å². The molecule has 0 aromatic carbocycles. The summed E-state index contributed by atoms with van der Waals surface area (Å²) in [6.45, 7) is 0.373. The minimum atomic E-state index is -0.541. The summed E-state index contributed by atoms with van der Waals surface area (Å²) in [5, 5.41) is 10.9. The summed E-state index contributed by atoms with van der Waals surface area (Å²) in [6, 6.07) is 0. The molecule has 0 saturated heterocycles. The molecule has 2 aromatic heterocycles. The van der Waals surface area contributed by atoms with Gasteiger partial charge in [0, 0.05) is 26.5 Å². The van der Waals surface area contributed by atoms with Gasteiger partial charge in [-0.25, -0.2) is 9.97 Å². The van der Waals surface area contributed by atoms with E-state index in [-0.39, 0.29) is 16.8 Å². The third kappa shape index (κ3) is 2.79. The van der Waals surface area contributed by atoms with Gasteiger partial charge in [-0.3, -0.25) is 10.1 Å². The van der Waals surface area contributed by atoms with Gasteiger partial charge in [0.15, 0.2) is 0 Å². The maximum absolute atomic E-state index is 10.9. The van der Waals surface area contributed by atoms with Crippen LogP contribution in [0.25, 0.3) is 0 Å². The van der Waals surface area contributed by atoms with E-state index in [1.165, 1.54) is 0 Å². The van der Waals surface area contributed by atoms with Crippen molar-refractivity contribution in [1.82, 2.24) is 19.5 Å². The van der Waals surface area contributed by atoms with E-state index in [2.05, 4.69) is 15.0 Å². The monoisotopic (exact) mass is 282 g/mol. The van der Waals surface area contributed by atoms with Gasteiger partial charge in [0.05, 0.1) is 11.5 Å². The van der Waals surface area contributed by atoms with Crippen molar-refractivity contribution in [3.05, 3.63) is 39.8 Å². The molecule has 2 heterocycles. The molecule has 0 unspecified atom stereocenters. The predicted octanol–water partition coefficient (Wildman–Crippen LogP) is 1.41. The number of aromatic nitrogens is 4. The van der Waals surface area contributed by atoms with E-state index in [0.717, 1.165) is 12.0 Å². The Kier molecular flexibility index (Phi) is 3.61. The third-order valence-corrected chi connectivity index (χ3v) is 2.76. The van der Waals surface area contributed by atoms with Crippen LogP contribution in [0.5, 0.6) is 0 Å². The molecule has 9 heteroatoms. The van der Waals surface area contributed by atoms with Crippen molar-refractivity contribution in [3.63, 3.8) is 0 Å². The summed E-state index contributed by atoms with van der Waals surface area (Å²) >= 11 is 5.69. The molecule has 2 rings (SSSR count). The Labute approximate surface area is 113 Å². The molecule has 0 atom stereocenters. The number of anilines is 1. The Morgan fingerprint density at radius 1 is 1.53 bits per heavy atom. The molecule has 0 spiro atoms. The largest absolute Gasteiger partial charge is 0.346 e. The molecule has 0 amide bonds. The van der Waals surface area contributed by atoms with Gasteiger partial charge in [-0.05, 0) is 11.6 Å². The summed E-state index contributed by atoms with van der Waals surface area (Å²) in [6.07, 6.45) is 4.55. The Hall–Kier alpha value is -2.22. The van der Waals surface area contributed by atoms with Gasteiger partial charge in [0.25, 0.3) is 0 Å². The molecule has 0 bridgehead atoms. The molecular weight excluding hydrogens is 272 g/mol. The number of halogens is 1. The van der Waals surface area contributed by atoms with E-state index in [1.54, 1.807) is 24.3 Å². The van der Waals surface area contributed by atoms with E-state index in [4.69, 9.17) is 11.6 Å². The van der Waals surface area contributed by atoms with Gasteiger partial charge in [-0.1, -0.05) is 0 Å². The van der Waals surface area contributed by atoms with Crippen LogP contribution in [0, 0.1) is 10.1 Å². The summed E-state index contributed by atoms with van der Waals surface area (Å²) in [5.74, 6) is 0.916. The molecule has 0 radical (unpaired) electrons. The second-order valence-electron chi connectivity index (χ2n) is 3.92. The first-order valence-corrected chi connectivity index (χ1v) is 5.71. The lowest BCUT2D eigenvalue weighted by atomic mass is 10.4. The van der Waals surface area contributed by atoms with Crippen molar-refractivity contribution in [1.29, 1.82) is 0 Å². The number of hydrogen-bond acceptors (Lipinski definition) is 6. The molecule has 8 nitrogen and oxygen atoms in total. The minimum absolute atomic E-state index is 0.0349. The predicted molar refractivity (Wildman–Crippen MR) is 69.0 cm³/mol. The van der Waals surface area contributed by atoms with Crippen molar-refractivity contribution in [2.45, 2.75) is 6.54 Å². The topological polar surface area (TPSA) is 90.0 Å². The lowest BCUT2D eigenvalue weighted by Gasteiger charge is -2.17. The van der Waals surface area contributed by atoms with Crippen molar-refractivity contribution in [2.75, 3.05) is 11.9 Å². The Morgan fingerprint density at radius 2 is 2.26 bits per heavy atom. The lowest BCUT2D eigenvalue weighted by molar-refractivity contribution is -0.384. The maximum Gasteiger partial charge on any atom is 0.329 e. The molecule has 0 fully saturated rings. The van der Waals surface area contributed by atoms with Crippen LogP contribution in [-0.4, -0.2) is 31.5 Å². The molecule has 100 valence electrons. The minimum Gasteiger partial charge on any atom is -0.346 e. The zero-order chi connectivity index (χ0) is 14.0. The number of nitro groups is 1. The molecule has 0 saturated carbocycles. The van der Waals surface area contributed by atoms with Gasteiger partial charge in [0.1, 0.15) is 12.0 Å². The van der Waals surface area contributed by atoms with Crippen LogP contribution in [-0.2, 0) is 13.6 Å². The first kappa shape index (κ1) is 13.2. The highest BCUT2D eigenvalue weighted by Crippen LogP contribution is 2.25. The number of nitrogens with zero attached hydrogens (tertiary/aromatic N) is 6. The van der Waals surface area contributed by atoms with E-state index in [1.807, 2.05) is 11.6 Å². The lowest BCUT2D eigenvalue weighted by Crippen LogP contribution is -2.21. The number of rotatable bonds is 4. The van der Waals surface area contributed by atoms with E-state index in [9.17, 15) is 10.1 Å². The highest BCUT2D eigenvalue weighted by atomic mass is 35.5. The van der Waals surface area contributed by atoms with Gasteiger partial charge < -0.3 is 9.47 Å². The van der Waals surface area contributed by atoms with Crippen LogP contribution in [0.1, 0.15) is 5.82 Å². The van der Waals surface area contributed by atoms with Crippen LogP contribution < -0.4 is 4.90 Å². The summed E-state index contributed by atoms with van der Waals surface area (Å²) in [5.41, 5.74) is -0.193. The van der Waals surface area contributed by atoms with Gasteiger partial charge in [0.2, 0.25) is 11.1 Å². The van der Waals surface area contributed by atoms with Crippen LogP contribution in [0.3, 0.4) is 0 Å². The number of imidazole rings is 1. The number of aryl methyl sites for hydroxylation is 1. The van der Waals surface area contributed by atoms with Crippen molar-refractivity contribution in [2.24, 2.45) is 7.05 Å². The fourth-order valence-electron chi connectivity index (χ4n) is 1.59. The highest BCUT2D eigenvalue weighted by molar-refractivity contribution is 6.28. The van der Waals surface area contributed by atoms with Crippen molar-refractivity contribution in [3.8, 4) is 0 Å². The van der Waals surface area contributed by atoms with Crippen LogP contribution in [0.2, 0.25) is 5.28 Å². The standard InChI is InChI=1S/C10H11ClN6O2/c1-15-4-3-12-8(15)6-16(2)9-7(17(18)19)5-13-10(11)14-9/h3-5H,6H2,1-2H3. The number of hydrogen-bond donors (Lipinski definition) is 0. The zero-order valence-corrected chi connectivity index (χ0v) is 11.1. The Bertz CT molecular complexity index is 614.